The number of hydrogen-bond acceptors (Lipinski definition) is 4. The molecule has 0 radical (unpaired) electrons. The van der Waals surface area contributed by atoms with Crippen LogP contribution in [0.1, 0.15) is 43.5 Å². The van der Waals surface area contributed by atoms with Gasteiger partial charge in [-0.2, -0.15) is 0 Å². The van der Waals surface area contributed by atoms with Gasteiger partial charge in [0.05, 0.1) is 11.4 Å². The molecule has 6 rings (SSSR count). The van der Waals surface area contributed by atoms with Crippen molar-refractivity contribution in [2.24, 2.45) is 7.05 Å². The number of aromatic nitrogens is 1. The first-order valence-electron chi connectivity index (χ1n) is 12.9. The Hall–Kier alpha value is -4.29. The fraction of sp³-hybridized carbons (Fsp3) is 0.188. The standard InChI is InChI=1S/C32H28ClN3O3/c1-18-4-3-5-24-28(37)15-27-31(30(18)24)22(16-33)17-36(27)32(39)20-8-11-25-21(13-20)14-26(35(25)2)29(38)12-19-6-9-23(34)10-7-19/h3-11,13-15,22,37H,12,16-17,34H2,1-2H3/t22-/m1/s1. The van der Waals surface area contributed by atoms with Gasteiger partial charge in [-0.05, 0) is 65.4 Å². The first-order chi connectivity index (χ1) is 18.8. The Morgan fingerprint density at radius 2 is 1.82 bits per heavy atom. The number of amides is 1. The van der Waals surface area contributed by atoms with Crippen molar-refractivity contribution in [1.82, 2.24) is 4.57 Å². The van der Waals surface area contributed by atoms with E-state index in [1.54, 1.807) is 29.2 Å². The molecule has 196 valence electrons. The number of aryl methyl sites for hydroxylation is 2. The topological polar surface area (TPSA) is 88.6 Å². The molecule has 0 aliphatic carbocycles. The second-order valence-electron chi connectivity index (χ2n) is 10.3. The minimum Gasteiger partial charge on any atom is -0.507 e. The van der Waals surface area contributed by atoms with Gasteiger partial charge < -0.3 is 20.3 Å². The van der Waals surface area contributed by atoms with Crippen LogP contribution in [-0.2, 0) is 13.5 Å². The number of alkyl halides is 1. The van der Waals surface area contributed by atoms with Crippen LogP contribution in [0.15, 0.2) is 72.8 Å². The average molecular weight is 538 g/mol. The van der Waals surface area contributed by atoms with Crippen LogP contribution in [0.5, 0.6) is 5.75 Å². The second-order valence-corrected chi connectivity index (χ2v) is 10.6. The van der Waals surface area contributed by atoms with Gasteiger partial charge >= 0.3 is 0 Å². The molecule has 0 saturated heterocycles. The number of carbonyl (C=O) groups is 2. The summed E-state index contributed by atoms with van der Waals surface area (Å²) in [6, 6.07) is 22.1. The highest BCUT2D eigenvalue weighted by molar-refractivity contribution is 6.19. The fourth-order valence-electron chi connectivity index (χ4n) is 5.83. The van der Waals surface area contributed by atoms with Crippen LogP contribution < -0.4 is 10.6 Å². The molecule has 4 aromatic carbocycles. The van der Waals surface area contributed by atoms with Gasteiger partial charge in [-0.3, -0.25) is 9.59 Å². The Bertz CT molecular complexity index is 1790. The summed E-state index contributed by atoms with van der Waals surface area (Å²) in [4.78, 5) is 28.7. The predicted molar refractivity (Wildman–Crippen MR) is 157 cm³/mol. The van der Waals surface area contributed by atoms with Crippen molar-refractivity contribution < 1.29 is 14.7 Å². The van der Waals surface area contributed by atoms with Gasteiger partial charge in [-0.25, -0.2) is 0 Å². The lowest BCUT2D eigenvalue weighted by molar-refractivity contribution is 0.0979. The Morgan fingerprint density at radius 3 is 2.56 bits per heavy atom. The Kier molecular flexibility index (Phi) is 6.07. The molecule has 3 N–H and O–H groups in total. The third-order valence-electron chi connectivity index (χ3n) is 7.82. The van der Waals surface area contributed by atoms with E-state index >= 15 is 0 Å². The zero-order valence-electron chi connectivity index (χ0n) is 21.7. The van der Waals surface area contributed by atoms with E-state index in [9.17, 15) is 14.7 Å². The highest BCUT2D eigenvalue weighted by Crippen LogP contribution is 2.46. The summed E-state index contributed by atoms with van der Waals surface area (Å²) in [5, 5.41) is 13.4. The van der Waals surface area contributed by atoms with Crippen molar-refractivity contribution >= 4 is 56.3 Å². The smallest absolute Gasteiger partial charge is 0.258 e. The van der Waals surface area contributed by atoms with Crippen LogP contribution in [0.25, 0.3) is 21.7 Å². The lowest BCUT2D eigenvalue weighted by Gasteiger charge is -2.19. The normalized spacial score (nSPS) is 14.7. The molecular weight excluding hydrogens is 510 g/mol. The predicted octanol–water partition coefficient (Wildman–Crippen LogP) is 6.34. The maximum atomic E-state index is 13.9. The number of phenols is 1. The number of hydrogen-bond donors (Lipinski definition) is 2. The number of nitrogen functional groups attached to an aromatic ring is 1. The number of benzene rings is 4. The van der Waals surface area contributed by atoms with Crippen molar-refractivity contribution in [2.75, 3.05) is 23.1 Å². The van der Waals surface area contributed by atoms with E-state index in [0.29, 0.717) is 35.1 Å². The molecule has 2 heterocycles. The lowest BCUT2D eigenvalue weighted by Crippen LogP contribution is -2.30. The maximum Gasteiger partial charge on any atom is 0.258 e. The van der Waals surface area contributed by atoms with Crippen molar-refractivity contribution in [3.63, 3.8) is 0 Å². The van der Waals surface area contributed by atoms with Gasteiger partial charge in [0.25, 0.3) is 5.91 Å². The van der Waals surface area contributed by atoms with Crippen LogP contribution in [0.3, 0.4) is 0 Å². The molecule has 5 aromatic rings. The van der Waals surface area contributed by atoms with Gasteiger partial charge in [0.2, 0.25) is 0 Å². The number of phenolic OH excluding ortho intramolecular Hbond substituents is 1. The molecule has 0 saturated carbocycles. The number of nitrogens with two attached hydrogens (primary N) is 1. The van der Waals surface area contributed by atoms with E-state index in [0.717, 1.165) is 38.4 Å². The van der Waals surface area contributed by atoms with Crippen molar-refractivity contribution in [2.45, 2.75) is 19.3 Å². The molecule has 1 aliphatic rings. The van der Waals surface area contributed by atoms with Crippen LogP contribution in [0, 0.1) is 6.92 Å². The number of Topliss-reactive ketones (excluding diaryl/α,β-unsaturated/α-hetero) is 1. The molecular formula is C32H28ClN3O3. The van der Waals surface area contributed by atoms with Gasteiger partial charge in [-0.15, -0.1) is 11.6 Å². The molecule has 0 bridgehead atoms. The minimum atomic E-state index is -0.170. The van der Waals surface area contributed by atoms with E-state index in [2.05, 4.69) is 0 Å². The third-order valence-corrected chi connectivity index (χ3v) is 8.19. The zero-order valence-corrected chi connectivity index (χ0v) is 22.5. The molecule has 1 aromatic heterocycles. The molecule has 0 unspecified atom stereocenters. The Balaban J connectivity index is 1.36. The summed E-state index contributed by atoms with van der Waals surface area (Å²) >= 11 is 6.40. The number of anilines is 2. The van der Waals surface area contributed by atoms with Crippen LogP contribution >= 0.6 is 11.6 Å². The van der Waals surface area contributed by atoms with Crippen molar-refractivity contribution in [3.05, 3.63) is 101 Å². The number of fused-ring (bicyclic) bond motifs is 4. The molecule has 7 heteroatoms. The molecule has 0 fully saturated rings. The minimum absolute atomic E-state index is 0.0116. The van der Waals surface area contributed by atoms with E-state index in [1.165, 1.54) is 0 Å². The number of halogens is 1. The van der Waals surface area contributed by atoms with Crippen LogP contribution in [-0.4, -0.2) is 33.8 Å². The Morgan fingerprint density at radius 1 is 1.05 bits per heavy atom. The summed E-state index contributed by atoms with van der Waals surface area (Å²) in [7, 11) is 1.86. The van der Waals surface area contributed by atoms with Crippen molar-refractivity contribution in [3.8, 4) is 5.75 Å². The fourth-order valence-corrected chi connectivity index (χ4v) is 6.09. The Labute approximate surface area is 231 Å². The number of aromatic hydroxyl groups is 1. The molecule has 39 heavy (non-hydrogen) atoms. The quantitative estimate of drug-likeness (QED) is 0.156. The number of ketones is 1. The maximum absolute atomic E-state index is 13.9. The SMILES string of the molecule is Cc1cccc2c(O)cc3c(c12)[C@H](CCl)CN3C(=O)c1ccc2c(c1)cc(C(=O)Cc1ccc(N)cc1)n2C. The molecule has 1 aliphatic heterocycles. The summed E-state index contributed by atoms with van der Waals surface area (Å²) in [5.41, 5.74) is 12.0. The molecule has 0 spiro atoms. The third kappa shape index (κ3) is 4.12. The number of carbonyl (C=O) groups excluding carboxylic acids is 2. The summed E-state index contributed by atoms with van der Waals surface area (Å²) in [6.07, 6.45) is 0.261. The summed E-state index contributed by atoms with van der Waals surface area (Å²) < 4.78 is 1.87. The van der Waals surface area contributed by atoms with E-state index in [1.807, 2.05) is 67.1 Å². The second kappa shape index (κ2) is 9.47. The van der Waals surface area contributed by atoms with Crippen LogP contribution in [0.4, 0.5) is 11.4 Å². The molecule has 1 amide bonds. The monoisotopic (exact) mass is 537 g/mol. The highest BCUT2D eigenvalue weighted by atomic mass is 35.5. The average Bonchev–Trinajstić information content (AvgIpc) is 3.47. The molecule has 1 atom stereocenters. The summed E-state index contributed by atoms with van der Waals surface area (Å²) in [6.45, 7) is 2.44. The first-order valence-corrected chi connectivity index (χ1v) is 13.4. The van der Waals surface area contributed by atoms with E-state index in [4.69, 9.17) is 17.3 Å². The van der Waals surface area contributed by atoms with Crippen molar-refractivity contribution in [1.29, 1.82) is 0 Å². The zero-order chi connectivity index (χ0) is 27.4. The van der Waals surface area contributed by atoms with E-state index in [-0.39, 0.29) is 29.8 Å². The number of nitrogens with zero attached hydrogens (tertiary/aromatic N) is 2. The number of rotatable bonds is 5. The van der Waals surface area contributed by atoms with E-state index < -0.39 is 0 Å². The van der Waals surface area contributed by atoms with Gasteiger partial charge in [-0.1, -0.05) is 30.3 Å². The first kappa shape index (κ1) is 25.0. The van der Waals surface area contributed by atoms with Crippen LogP contribution in [0.2, 0.25) is 0 Å². The summed E-state index contributed by atoms with van der Waals surface area (Å²) in [5.74, 6) is 0.276. The van der Waals surface area contributed by atoms with Gasteiger partial charge in [0.1, 0.15) is 5.75 Å². The lowest BCUT2D eigenvalue weighted by atomic mass is 9.92. The largest absolute Gasteiger partial charge is 0.507 e. The highest BCUT2D eigenvalue weighted by Gasteiger charge is 2.35. The molecule has 6 nitrogen and oxygen atoms in total. The van der Waals surface area contributed by atoms with Gasteiger partial charge in [0, 0.05) is 65.4 Å². The van der Waals surface area contributed by atoms with Gasteiger partial charge in [0.15, 0.2) is 5.78 Å².